The minimum atomic E-state index is -1.34. The SMILES string of the molecule is CN(C)C[C@H](NC(=O)OCC1c2ccccc2-c2ccccc21)C(=O)N1NC(=O)CC1C(=O)O. The molecule has 0 saturated carbocycles. The zero-order valence-corrected chi connectivity index (χ0v) is 18.9. The quantitative estimate of drug-likeness (QED) is 0.559. The summed E-state index contributed by atoms with van der Waals surface area (Å²) in [6.07, 6.45) is -1.15. The van der Waals surface area contributed by atoms with Crippen molar-refractivity contribution in [2.75, 3.05) is 27.2 Å². The molecule has 178 valence electrons. The molecule has 1 fully saturated rings. The van der Waals surface area contributed by atoms with E-state index in [9.17, 15) is 24.3 Å². The van der Waals surface area contributed by atoms with Crippen molar-refractivity contribution >= 4 is 23.9 Å². The third-order valence-electron chi connectivity index (χ3n) is 5.94. The van der Waals surface area contributed by atoms with Gasteiger partial charge in [-0.2, -0.15) is 0 Å². The van der Waals surface area contributed by atoms with Crippen LogP contribution in [0.1, 0.15) is 23.5 Å². The van der Waals surface area contributed by atoms with Gasteiger partial charge in [0, 0.05) is 12.5 Å². The van der Waals surface area contributed by atoms with Crippen LogP contribution in [0.3, 0.4) is 0 Å². The Morgan fingerprint density at radius 2 is 1.71 bits per heavy atom. The van der Waals surface area contributed by atoms with Gasteiger partial charge in [-0.3, -0.25) is 15.0 Å². The molecule has 0 radical (unpaired) electrons. The van der Waals surface area contributed by atoms with E-state index in [4.69, 9.17) is 4.74 Å². The van der Waals surface area contributed by atoms with Gasteiger partial charge in [-0.1, -0.05) is 48.5 Å². The lowest BCUT2D eigenvalue weighted by molar-refractivity contribution is -0.151. The molecular formula is C24H26N4O6. The maximum Gasteiger partial charge on any atom is 0.407 e. The lowest BCUT2D eigenvalue weighted by atomic mass is 9.98. The molecule has 0 bridgehead atoms. The number of benzene rings is 2. The fraction of sp³-hybridized carbons (Fsp3) is 0.333. The van der Waals surface area contributed by atoms with Gasteiger partial charge in [0.1, 0.15) is 12.6 Å². The Morgan fingerprint density at radius 3 is 2.26 bits per heavy atom. The molecule has 2 atom stereocenters. The summed E-state index contributed by atoms with van der Waals surface area (Å²) in [7, 11) is 3.41. The summed E-state index contributed by atoms with van der Waals surface area (Å²) < 4.78 is 5.52. The molecule has 2 aromatic rings. The van der Waals surface area contributed by atoms with Crippen molar-refractivity contribution in [3.8, 4) is 11.1 Å². The van der Waals surface area contributed by atoms with E-state index in [1.54, 1.807) is 19.0 Å². The number of amides is 3. The number of hydrogen-bond acceptors (Lipinski definition) is 6. The summed E-state index contributed by atoms with van der Waals surface area (Å²) in [5, 5.41) is 12.7. The van der Waals surface area contributed by atoms with Gasteiger partial charge in [-0.05, 0) is 36.3 Å². The van der Waals surface area contributed by atoms with Crippen molar-refractivity contribution in [3.63, 3.8) is 0 Å². The number of rotatable bonds is 7. The molecule has 1 unspecified atom stereocenters. The van der Waals surface area contributed by atoms with Gasteiger partial charge in [0.2, 0.25) is 5.91 Å². The largest absolute Gasteiger partial charge is 0.480 e. The number of hydrogen-bond donors (Lipinski definition) is 3. The topological polar surface area (TPSA) is 128 Å². The number of carbonyl (C=O) groups excluding carboxylic acids is 3. The molecule has 0 aromatic heterocycles. The molecule has 10 heteroatoms. The molecule has 1 heterocycles. The first-order chi connectivity index (χ1) is 16.3. The fourth-order valence-electron chi connectivity index (χ4n) is 4.43. The highest BCUT2D eigenvalue weighted by molar-refractivity contribution is 5.96. The van der Waals surface area contributed by atoms with Crippen molar-refractivity contribution in [3.05, 3.63) is 59.7 Å². The summed E-state index contributed by atoms with van der Waals surface area (Å²) in [5.41, 5.74) is 6.57. The normalized spacial score (nSPS) is 17.7. The highest BCUT2D eigenvalue weighted by Crippen LogP contribution is 2.44. The van der Waals surface area contributed by atoms with E-state index in [2.05, 4.69) is 10.7 Å². The molecule has 2 aromatic carbocycles. The molecule has 2 aliphatic rings. The number of nitrogens with one attached hydrogen (secondary N) is 2. The van der Waals surface area contributed by atoms with Gasteiger partial charge in [-0.25, -0.2) is 14.6 Å². The number of aliphatic carboxylic acids is 1. The number of fused-ring (bicyclic) bond motifs is 3. The third-order valence-corrected chi connectivity index (χ3v) is 5.94. The average molecular weight is 466 g/mol. The predicted molar refractivity (Wildman–Crippen MR) is 122 cm³/mol. The van der Waals surface area contributed by atoms with Gasteiger partial charge >= 0.3 is 12.1 Å². The lowest BCUT2D eigenvalue weighted by Crippen LogP contribution is -2.58. The van der Waals surface area contributed by atoms with Crippen molar-refractivity contribution in [1.82, 2.24) is 20.7 Å². The van der Waals surface area contributed by atoms with Crippen molar-refractivity contribution in [2.24, 2.45) is 0 Å². The summed E-state index contributed by atoms with van der Waals surface area (Å²) in [5.74, 6) is -2.77. The molecule has 34 heavy (non-hydrogen) atoms. The van der Waals surface area contributed by atoms with Crippen LogP contribution in [-0.4, -0.2) is 78.2 Å². The molecule has 0 spiro atoms. The zero-order chi connectivity index (χ0) is 24.4. The van der Waals surface area contributed by atoms with Gasteiger partial charge < -0.3 is 20.1 Å². The Bertz CT molecular complexity index is 1090. The second-order valence-electron chi connectivity index (χ2n) is 8.59. The van der Waals surface area contributed by atoms with Gasteiger partial charge in [0.05, 0.1) is 6.42 Å². The standard InChI is InChI=1S/C24H26N4O6/c1-27(2)12-19(22(30)28-20(23(31)32)11-21(29)26-28)25-24(33)34-13-18-16-9-5-3-7-14(16)15-8-4-6-10-17(15)18/h3-10,18-20H,11-13H2,1-2H3,(H,25,33)(H,26,29)(H,31,32)/t19-,20?/m0/s1. The number of carboxylic acids is 1. The van der Waals surface area contributed by atoms with Crippen LogP contribution < -0.4 is 10.7 Å². The number of nitrogens with zero attached hydrogens (tertiary/aromatic N) is 2. The van der Waals surface area contributed by atoms with Crippen LogP contribution in [-0.2, 0) is 19.1 Å². The number of likely N-dealkylation sites (N-methyl/N-ethyl adjacent to an activating group) is 1. The molecule has 1 aliphatic carbocycles. The lowest BCUT2D eigenvalue weighted by Gasteiger charge is -2.28. The molecule has 1 saturated heterocycles. The molecule has 3 N–H and O–H groups in total. The maximum atomic E-state index is 13.0. The van der Waals surface area contributed by atoms with E-state index in [-0.39, 0.29) is 25.5 Å². The van der Waals surface area contributed by atoms with Crippen LogP contribution in [0.2, 0.25) is 0 Å². The van der Waals surface area contributed by atoms with E-state index >= 15 is 0 Å². The smallest absolute Gasteiger partial charge is 0.407 e. The minimum absolute atomic E-state index is 0.0704. The van der Waals surface area contributed by atoms with Crippen molar-refractivity contribution in [2.45, 2.75) is 24.4 Å². The van der Waals surface area contributed by atoms with Crippen LogP contribution in [0.25, 0.3) is 11.1 Å². The second kappa shape index (κ2) is 9.52. The third kappa shape index (κ3) is 4.58. The Hall–Kier alpha value is -3.92. The minimum Gasteiger partial charge on any atom is -0.480 e. The summed E-state index contributed by atoms with van der Waals surface area (Å²) in [4.78, 5) is 50.5. The van der Waals surface area contributed by atoms with E-state index < -0.39 is 36.0 Å². The molecule has 4 rings (SSSR count). The van der Waals surface area contributed by atoms with Gasteiger partial charge in [0.15, 0.2) is 6.04 Å². The van der Waals surface area contributed by atoms with Crippen molar-refractivity contribution in [1.29, 1.82) is 0 Å². The molecular weight excluding hydrogens is 440 g/mol. The van der Waals surface area contributed by atoms with E-state index in [0.29, 0.717) is 0 Å². The molecule has 1 aliphatic heterocycles. The van der Waals surface area contributed by atoms with Crippen molar-refractivity contribution < 1.29 is 29.0 Å². The predicted octanol–water partition coefficient (Wildman–Crippen LogP) is 1.17. The highest BCUT2D eigenvalue weighted by Gasteiger charge is 2.42. The van der Waals surface area contributed by atoms with Gasteiger partial charge in [0.25, 0.3) is 5.91 Å². The zero-order valence-electron chi connectivity index (χ0n) is 18.9. The first kappa shape index (κ1) is 23.2. The number of ether oxygens (including phenoxy) is 1. The number of alkyl carbamates (subject to hydrolysis) is 1. The number of hydrazine groups is 1. The highest BCUT2D eigenvalue weighted by atomic mass is 16.5. The summed E-state index contributed by atoms with van der Waals surface area (Å²) in [6.45, 7) is 0.155. The van der Waals surface area contributed by atoms with E-state index in [0.717, 1.165) is 27.3 Å². The second-order valence-corrected chi connectivity index (χ2v) is 8.59. The van der Waals surface area contributed by atoms with Crippen LogP contribution >= 0.6 is 0 Å². The Labute approximate surface area is 196 Å². The number of carboxylic acid groups (broad SMARTS) is 1. The summed E-state index contributed by atoms with van der Waals surface area (Å²) in [6, 6.07) is 13.4. The maximum absolute atomic E-state index is 13.0. The fourth-order valence-corrected chi connectivity index (χ4v) is 4.43. The monoisotopic (exact) mass is 466 g/mol. The van der Waals surface area contributed by atoms with Gasteiger partial charge in [-0.15, -0.1) is 0 Å². The molecule has 10 nitrogen and oxygen atoms in total. The first-order valence-electron chi connectivity index (χ1n) is 10.9. The van der Waals surface area contributed by atoms with Crippen LogP contribution in [0.4, 0.5) is 4.79 Å². The van der Waals surface area contributed by atoms with E-state index in [1.807, 2.05) is 48.5 Å². The number of carbonyl (C=O) groups is 4. The summed E-state index contributed by atoms with van der Waals surface area (Å²) >= 11 is 0. The average Bonchev–Trinajstić information content (AvgIpc) is 3.35. The Balaban J connectivity index is 1.46. The van der Waals surface area contributed by atoms with Crippen LogP contribution in [0, 0.1) is 0 Å². The Morgan fingerprint density at radius 1 is 1.12 bits per heavy atom. The van der Waals surface area contributed by atoms with Crippen LogP contribution in [0.5, 0.6) is 0 Å². The van der Waals surface area contributed by atoms with Crippen LogP contribution in [0.15, 0.2) is 48.5 Å². The Kier molecular flexibility index (Phi) is 6.51. The van der Waals surface area contributed by atoms with E-state index in [1.165, 1.54) is 0 Å². The molecule has 3 amide bonds. The first-order valence-corrected chi connectivity index (χ1v) is 10.9.